The van der Waals surface area contributed by atoms with Crippen LogP contribution in [0.15, 0.2) is 30.9 Å². The Hall–Kier alpha value is -1.72. The minimum absolute atomic E-state index is 0.123. The molecule has 0 aliphatic rings. The van der Waals surface area contributed by atoms with E-state index in [2.05, 4.69) is 21.6 Å². The second-order valence-electron chi connectivity index (χ2n) is 4.58. The molecule has 0 aliphatic carbocycles. The molecule has 0 saturated heterocycles. The lowest BCUT2D eigenvalue weighted by molar-refractivity contribution is 0.514. The monoisotopic (exact) mass is 245 g/mol. The van der Waals surface area contributed by atoms with Crippen molar-refractivity contribution in [1.29, 1.82) is 0 Å². The van der Waals surface area contributed by atoms with Crippen molar-refractivity contribution in [2.75, 3.05) is 0 Å². The summed E-state index contributed by atoms with van der Waals surface area (Å²) in [7, 11) is 1.92. The van der Waals surface area contributed by atoms with Gasteiger partial charge in [0.25, 0.3) is 0 Å². The van der Waals surface area contributed by atoms with Crippen molar-refractivity contribution in [2.24, 2.45) is 12.9 Å². The van der Waals surface area contributed by atoms with Crippen molar-refractivity contribution in [3.05, 3.63) is 47.5 Å². The number of hydrogen-bond acceptors (Lipinski definition) is 4. The summed E-state index contributed by atoms with van der Waals surface area (Å²) in [4.78, 5) is 4.20. The summed E-state index contributed by atoms with van der Waals surface area (Å²) in [5.74, 6) is 5.63. The SMILES string of the molecule is Cc1cncc(C(CCc2cnn(C)c2)NN)c1. The minimum Gasteiger partial charge on any atom is -0.276 e. The zero-order chi connectivity index (χ0) is 13.0. The summed E-state index contributed by atoms with van der Waals surface area (Å²) >= 11 is 0. The highest BCUT2D eigenvalue weighted by molar-refractivity contribution is 5.20. The molecule has 2 aromatic heterocycles. The molecule has 5 heteroatoms. The van der Waals surface area contributed by atoms with E-state index < -0.39 is 0 Å². The molecule has 1 unspecified atom stereocenters. The number of hydrazine groups is 1. The number of nitrogens with one attached hydrogen (secondary N) is 1. The summed E-state index contributed by atoms with van der Waals surface area (Å²) in [6.07, 6.45) is 9.49. The molecule has 2 aromatic rings. The first-order valence-corrected chi connectivity index (χ1v) is 6.04. The molecular weight excluding hydrogens is 226 g/mol. The summed E-state index contributed by atoms with van der Waals surface area (Å²) in [6, 6.07) is 2.23. The lowest BCUT2D eigenvalue weighted by atomic mass is 10.0. The van der Waals surface area contributed by atoms with Crippen LogP contribution in [0.3, 0.4) is 0 Å². The van der Waals surface area contributed by atoms with Gasteiger partial charge in [-0.25, -0.2) is 0 Å². The fourth-order valence-corrected chi connectivity index (χ4v) is 2.03. The molecule has 0 saturated carbocycles. The summed E-state index contributed by atoms with van der Waals surface area (Å²) in [5, 5.41) is 4.16. The highest BCUT2D eigenvalue weighted by atomic mass is 15.2. The van der Waals surface area contributed by atoms with Crippen LogP contribution in [0.2, 0.25) is 0 Å². The van der Waals surface area contributed by atoms with Gasteiger partial charge in [-0.1, -0.05) is 6.07 Å². The van der Waals surface area contributed by atoms with Crippen molar-refractivity contribution >= 4 is 0 Å². The summed E-state index contributed by atoms with van der Waals surface area (Å²) in [6.45, 7) is 2.03. The van der Waals surface area contributed by atoms with Crippen molar-refractivity contribution in [1.82, 2.24) is 20.2 Å². The molecule has 0 amide bonds. The van der Waals surface area contributed by atoms with E-state index in [1.165, 1.54) is 5.56 Å². The highest BCUT2D eigenvalue weighted by Gasteiger charge is 2.10. The van der Waals surface area contributed by atoms with E-state index in [-0.39, 0.29) is 6.04 Å². The molecule has 18 heavy (non-hydrogen) atoms. The number of aromatic nitrogens is 3. The molecule has 0 aliphatic heterocycles. The second kappa shape index (κ2) is 5.75. The van der Waals surface area contributed by atoms with E-state index >= 15 is 0 Å². The predicted molar refractivity (Wildman–Crippen MR) is 70.6 cm³/mol. The predicted octanol–water partition coefficient (Wildman–Crippen LogP) is 1.26. The molecular formula is C13H19N5. The van der Waals surface area contributed by atoms with E-state index in [0.29, 0.717) is 0 Å². The largest absolute Gasteiger partial charge is 0.276 e. The topological polar surface area (TPSA) is 68.8 Å². The Balaban J connectivity index is 2.01. The number of rotatable bonds is 5. The zero-order valence-electron chi connectivity index (χ0n) is 10.8. The highest BCUT2D eigenvalue weighted by Crippen LogP contribution is 2.18. The number of nitrogens with two attached hydrogens (primary N) is 1. The van der Waals surface area contributed by atoms with E-state index in [9.17, 15) is 0 Å². The number of hydrogen-bond donors (Lipinski definition) is 2. The molecule has 0 aromatic carbocycles. The van der Waals surface area contributed by atoms with Gasteiger partial charge in [0.2, 0.25) is 0 Å². The van der Waals surface area contributed by atoms with Crippen LogP contribution in [0.4, 0.5) is 0 Å². The molecule has 0 fully saturated rings. The average Bonchev–Trinajstić information content (AvgIpc) is 2.76. The molecule has 1 atom stereocenters. The number of nitrogens with zero attached hydrogens (tertiary/aromatic N) is 3. The van der Waals surface area contributed by atoms with E-state index in [1.807, 2.05) is 43.4 Å². The third kappa shape index (κ3) is 3.15. The average molecular weight is 245 g/mol. The van der Waals surface area contributed by atoms with Gasteiger partial charge >= 0.3 is 0 Å². The third-order valence-electron chi connectivity index (χ3n) is 2.98. The standard InChI is InChI=1S/C13H19N5/c1-10-5-12(8-15-6-10)13(17-14)4-3-11-7-16-18(2)9-11/h5-9,13,17H,3-4,14H2,1-2H3. The van der Waals surface area contributed by atoms with Gasteiger partial charge in [-0.15, -0.1) is 0 Å². The Kier molecular flexibility index (Phi) is 4.07. The van der Waals surface area contributed by atoms with Crippen molar-refractivity contribution in [2.45, 2.75) is 25.8 Å². The van der Waals surface area contributed by atoms with Gasteiger partial charge in [-0.3, -0.25) is 20.9 Å². The number of pyridine rings is 1. The molecule has 0 spiro atoms. The van der Waals surface area contributed by atoms with Crippen molar-refractivity contribution in [3.63, 3.8) is 0 Å². The molecule has 2 rings (SSSR count). The molecule has 2 heterocycles. The van der Waals surface area contributed by atoms with Crippen LogP contribution in [0.5, 0.6) is 0 Å². The second-order valence-corrected chi connectivity index (χ2v) is 4.58. The maximum atomic E-state index is 5.63. The van der Waals surface area contributed by atoms with Crippen LogP contribution >= 0.6 is 0 Å². The maximum absolute atomic E-state index is 5.63. The fourth-order valence-electron chi connectivity index (χ4n) is 2.03. The zero-order valence-corrected chi connectivity index (χ0v) is 10.8. The van der Waals surface area contributed by atoms with Crippen LogP contribution in [0, 0.1) is 6.92 Å². The van der Waals surface area contributed by atoms with Crippen molar-refractivity contribution in [3.8, 4) is 0 Å². The Morgan fingerprint density at radius 1 is 1.39 bits per heavy atom. The molecule has 3 N–H and O–H groups in total. The minimum atomic E-state index is 0.123. The first-order chi connectivity index (χ1) is 8.69. The lowest BCUT2D eigenvalue weighted by Gasteiger charge is -2.15. The van der Waals surface area contributed by atoms with Crippen LogP contribution in [-0.2, 0) is 13.5 Å². The van der Waals surface area contributed by atoms with Crippen molar-refractivity contribution < 1.29 is 0 Å². The van der Waals surface area contributed by atoms with Gasteiger partial charge in [0.05, 0.1) is 6.20 Å². The van der Waals surface area contributed by atoms with Gasteiger partial charge in [0.1, 0.15) is 0 Å². The normalized spacial score (nSPS) is 12.6. The smallest absolute Gasteiger partial charge is 0.0521 e. The van der Waals surface area contributed by atoms with Crippen LogP contribution in [0.25, 0.3) is 0 Å². The summed E-state index contributed by atoms with van der Waals surface area (Å²) < 4.78 is 1.81. The van der Waals surface area contributed by atoms with E-state index in [0.717, 1.165) is 24.0 Å². The molecule has 5 nitrogen and oxygen atoms in total. The lowest BCUT2D eigenvalue weighted by Crippen LogP contribution is -2.28. The van der Waals surface area contributed by atoms with Crippen LogP contribution in [-0.4, -0.2) is 14.8 Å². The maximum Gasteiger partial charge on any atom is 0.0521 e. The van der Waals surface area contributed by atoms with Gasteiger partial charge in [0, 0.05) is 31.7 Å². The van der Waals surface area contributed by atoms with Gasteiger partial charge < -0.3 is 0 Å². The fraction of sp³-hybridized carbons (Fsp3) is 0.385. The Bertz CT molecular complexity index is 506. The Labute approximate surface area is 107 Å². The Morgan fingerprint density at radius 3 is 2.83 bits per heavy atom. The first-order valence-electron chi connectivity index (χ1n) is 6.04. The quantitative estimate of drug-likeness (QED) is 0.614. The molecule has 0 bridgehead atoms. The summed E-state index contributed by atoms with van der Waals surface area (Å²) in [5.41, 5.74) is 6.35. The third-order valence-corrected chi connectivity index (χ3v) is 2.98. The van der Waals surface area contributed by atoms with Gasteiger partial charge in [0.15, 0.2) is 0 Å². The molecule has 96 valence electrons. The van der Waals surface area contributed by atoms with E-state index in [4.69, 9.17) is 5.84 Å². The van der Waals surface area contributed by atoms with E-state index in [1.54, 1.807) is 0 Å². The number of aryl methyl sites for hydroxylation is 3. The first kappa shape index (κ1) is 12.7. The van der Waals surface area contributed by atoms with Gasteiger partial charge in [-0.05, 0) is 36.5 Å². The Morgan fingerprint density at radius 2 is 2.22 bits per heavy atom. The molecule has 0 radical (unpaired) electrons. The van der Waals surface area contributed by atoms with Gasteiger partial charge in [-0.2, -0.15) is 5.10 Å². The van der Waals surface area contributed by atoms with Crippen LogP contribution < -0.4 is 11.3 Å². The van der Waals surface area contributed by atoms with Crippen LogP contribution in [0.1, 0.15) is 29.2 Å².